The third-order valence-corrected chi connectivity index (χ3v) is 3.01. The molecule has 0 aromatic heterocycles. The highest BCUT2D eigenvalue weighted by Crippen LogP contribution is 2.10. The van der Waals surface area contributed by atoms with Crippen LogP contribution in [0.25, 0.3) is 0 Å². The number of carbonyl (C=O) groups is 1. The van der Waals surface area contributed by atoms with Crippen LogP contribution < -0.4 is 10.6 Å². The van der Waals surface area contributed by atoms with Gasteiger partial charge in [0.2, 0.25) is 5.91 Å². The molecule has 0 aromatic rings. The number of rotatable bonds is 10. The molecular weight excluding hydrogens is 200 g/mol. The van der Waals surface area contributed by atoms with Crippen LogP contribution in [-0.4, -0.2) is 26.0 Å². The summed E-state index contributed by atoms with van der Waals surface area (Å²) in [7, 11) is 1.69. The molecule has 0 rings (SSSR count). The van der Waals surface area contributed by atoms with Gasteiger partial charge in [-0.1, -0.05) is 33.1 Å². The zero-order valence-corrected chi connectivity index (χ0v) is 11.1. The zero-order valence-electron chi connectivity index (χ0n) is 11.1. The van der Waals surface area contributed by atoms with Gasteiger partial charge < -0.3 is 10.6 Å². The van der Waals surface area contributed by atoms with Gasteiger partial charge in [-0.15, -0.1) is 0 Å². The Morgan fingerprint density at radius 3 is 2.56 bits per heavy atom. The number of carbonyl (C=O) groups excluding carboxylic acids is 1. The van der Waals surface area contributed by atoms with E-state index in [2.05, 4.69) is 24.5 Å². The normalized spacial score (nSPS) is 12.4. The highest BCUT2D eigenvalue weighted by Gasteiger charge is 2.04. The van der Waals surface area contributed by atoms with Crippen LogP contribution in [0.5, 0.6) is 0 Å². The maximum absolute atomic E-state index is 11.0. The van der Waals surface area contributed by atoms with Gasteiger partial charge in [0.05, 0.1) is 0 Å². The molecule has 3 heteroatoms. The van der Waals surface area contributed by atoms with Gasteiger partial charge >= 0.3 is 0 Å². The Morgan fingerprint density at radius 1 is 1.25 bits per heavy atom. The molecule has 1 amide bonds. The summed E-state index contributed by atoms with van der Waals surface area (Å²) >= 11 is 0. The van der Waals surface area contributed by atoms with Crippen LogP contribution in [0.4, 0.5) is 0 Å². The SMILES string of the molecule is CCCCC(CC)CNCCCC(=O)NC. The Bertz CT molecular complexity index is 171. The Morgan fingerprint density at radius 2 is 2.00 bits per heavy atom. The minimum atomic E-state index is 0.139. The predicted octanol–water partition coefficient (Wildman–Crippen LogP) is 2.32. The minimum Gasteiger partial charge on any atom is -0.359 e. The second kappa shape index (κ2) is 10.9. The van der Waals surface area contributed by atoms with Crippen LogP contribution in [0.2, 0.25) is 0 Å². The van der Waals surface area contributed by atoms with E-state index in [1.54, 1.807) is 7.05 Å². The van der Waals surface area contributed by atoms with Crippen molar-refractivity contribution < 1.29 is 4.79 Å². The van der Waals surface area contributed by atoms with Crippen LogP contribution in [0.15, 0.2) is 0 Å². The van der Waals surface area contributed by atoms with Crippen LogP contribution in [0.3, 0.4) is 0 Å². The van der Waals surface area contributed by atoms with Crippen molar-refractivity contribution in [1.82, 2.24) is 10.6 Å². The van der Waals surface area contributed by atoms with Gasteiger partial charge in [0.15, 0.2) is 0 Å². The van der Waals surface area contributed by atoms with Crippen molar-refractivity contribution >= 4 is 5.91 Å². The van der Waals surface area contributed by atoms with Crippen molar-refractivity contribution in [2.75, 3.05) is 20.1 Å². The first-order valence-electron chi connectivity index (χ1n) is 6.65. The van der Waals surface area contributed by atoms with Gasteiger partial charge in [-0.05, 0) is 31.8 Å². The number of unbranched alkanes of at least 4 members (excludes halogenated alkanes) is 1. The van der Waals surface area contributed by atoms with Crippen molar-refractivity contribution in [2.45, 2.75) is 52.4 Å². The summed E-state index contributed by atoms with van der Waals surface area (Å²) in [6, 6.07) is 0. The first-order valence-corrected chi connectivity index (χ1v) is 6.65. The van der Waals surface area contributed by atoms with E-state index in [0.717, 1.165) is 25.4 Å². The average Bonchev–Trinajstić information content (AvgIpc) is 2.32. The van der Waals surface area contributed by atoms with Crippen LogP contribution in [0, 0.1) is 5.92 Å². The van der Waals surface area contributed by atoms with E-state index in [-0.39, 0.29) is 5.91 Å². The smallest absolute Gasteiger partial charge is 0.219 e. The molecule has 0 aliphatic rings. The number of hydrogen-bond donors (Lipinski definition) is 2. The van der Waals surface area contributed by atoms with E-state index in [9.17, 15) is 4.79 Å². The Labute approximate surface area is 100 Å². The first-order chi connectivity index (χ1) is 7.74. The molecule has 0 saturated heterocycles. The predicted molar refractivity (Wildman–Crippen MR) is 69.5 cm³/mol. The average molecular weight is 228 g/mol. The second-order valence-electron chi connectivity index (χ2n) is 4.40. The van der Waals surface area contributed by atoms with Crippen molar-refractivity contribution in [3.63, 3.8) is 0 Å². The summed E-state index contributed by atoms with van der Waals surface area (Å²) in [4.78, 5) is 11.0. The molecule has 0 heterocycles. The van der Waals surface area contributed by atoms with Crippen molar-refractivity contribution in [2.24, 2.45) is 5.92 Å². The molecule has 0 aliphatic carbocycles. The maximum atomic E-state index is 11.0. The van der Waals surface area contributed by atoms with E-state index in [1.807, 2.05) is 0 Å². The molecule has 3 nitrogen and oxygen atoms in total. The lowest BCUT2D eigenvalue weighted by atomic mass is 9.99. The second-order valence-corrected chi connectivity index (χ2v) is 4.40. The highest BCUT2D eigenvalue weighted by molar-refractivity contribution is 5.75. The molecule has 2 N–H and O–H groups in total. The fourth-order valence-electron chi connectivity index (χ4n) is 1.75. The van der Waals surface area contributed by atoms with Crippen molar-refractivity contribution in [3.05, 3.63) is 0 Å². The highest BCUT2D eigenvalue weighted by atomic mass is 16.1. The van der Waals surface area contributed by atoms with E-state index >= 15 is 0 Å². The monoisotopic (exact) mass is 228 g/mol. The maximum Gasteiger partial charge on any atom is 0.219 e. The largest absolute Gasteiger partial charge is 0.359 e. The van der Waals surface area contributed by atoms with E-state index in [4.69, 9.17) is 0 Å². The lowest BCUT2D eigenvalue weighted by molar-refractivity contribution is -0.120. The molecule has 16 heavy (non-hydrogen) atoms. The standard InChI is InChI=1S/C13H28N2O/c1-4-6-8-12(5-2)11-15-10-7-9-13(16)14-3/h12,15H,4-11H2,1-3H3,(H,14,16). The van der Waals surface area contributed by atoms with E-state index < -0.39 is 0 Å². The van der Waals surface area contributed by atoms with Gasteiger partial charge in [-0.2, -0.15) is 0 Å². The lowest BCUT2D eigenvalue weighted by Crippen LogP contribution is -2.25. The number of amides is 1. The Balaban J connectivity index is 3.37. The fraction of sp³-hybridized carbons (Fsp3) is 0.923. The van der Waals surface area contributed by atoms with Crippen molar-refractivity contribution in [3.8, 4) is 0 Å². The molecule has 1 atom stereocenters. The van der Waals surface area contributed by atoms with Gasteiger partial charge in [0.1, 0.15) is 0 Å². The summed E-state index contributed by atoms with van der Waals surface area (Å²) in [5, 5.41) is 6.08. The lowest BCUT2D eigenvalue weighted by Gasteiger charge is -2.15. The molecule has 0 fully saturated rings. The summed E-state index contributed by atoms with van der Waals surface area (Å²) in [5.41, 5.74) is 0. The molecule has 0 aromatic carbocycles. The molecule has 0 aliphatic heterocycles. The zero-order chi connectivity index (χ0) is 12.2. The minimum absolute atomic E-state index is 0.139. The van der Waals surface area contributed by atoms with Crippen molar-refractivity contribution in [1.29, 1.82) is 0 Å². The van der Waals surface area contributed by atoms with Crippen LogP contribution >= 0.6 is 0 Å². The van der Waals surface area contributed by atoms with E-state index in [1.165, 1.54) is 25.7 Å². The van der Waals surface area contributed by atoms with Gasteiger partial charge in [-0.25, -0.2) is 0 Å². The Kier molecular flexibility index (Phi) is 10.5. The summed E-state index contributed by atoms with van der Waals surface area (Å²) < 4.78 is 0. The fourth-order valence-corrected chi connectivity index (χ4v) is 1.75. The third kappa shape index (κ3) is 8.72. The number of hydrogen-bond acceptors (Lipinski definition) is 2. The Hall–Kier alpha value is -0.570. The van der Waals surface area contributed by atoms with Gasteiger partial charge in [0, 0.05) is 13.5 Å². The quantitative estimate of drug-likeness (QED) is 0.563. The first kappa shape index (κ1) is 15.4. The van der Waals surface area contributed by atoms with Crippen LogP contribution in [0.1, 0.15) is 52.4 Å². The molecule has 0 saturated carbocycles. The summed E-state index contributed by atoms with van der Waals surface area (Å²) in [6.45, 7) is 6.55. The number of nitrogens with one attached hydrogen (secondary N) is 2. The third-order valence-electron chi connectivity index (χ3n) is 3.01. The topological polar surface area (TPSA) is 41.1 Å². The van der Waals surface area contributed by atoms with Gasteiger partial charge in [0.25, 0.3) is 0 Å². The van der Waals surface area contributed by atoms with Crippen LogP contribution in [-0.2, 0) is 4.79 Å². The molecular formula is C13H28N2O. The molecule has 1 unspecified atom stereocenters. The molecule has 0 bridgehead atoms. The summed E-state index contributed by atoms with van der Waals surface area (Å²) in [5.74, 6) is 0.944. The molecule has 0 spiro atoms. The summed E-state index contributed by atoms with van der Waals surface area (Å²) in [6.07, 6.45) is 6.77. The van der Waals surface area contributed by atoms with E-state index in [0.29, 0.717) is 6.42 Å². The molecule has 96 valence electrons. The molecule has 0 radical (unpaired) electrons. The van der Waals surface area contributed by atoms with Gasteiger partial charge in [-0.3, -0.25) is 4.79 Å².